The molecule has 6 N–H and O–H groups in total. The molecule has 0 radical (unpaired) electrons. The van der Waals surface area contributed by atoms with E-state index in [4.69, 9.17) is 26.2 Å². The summed E-state index contributed by atoms with van der Waals surface area (Å²) in [6.07, 6.45) is -0.188. The third-order valence-corrected chi connectivity index (χ3v) is 1.62. The molecule has 0 rings (SSSR count). The zero-order chi connectivity index (χ0) is 10.3. The Balaban J connectivity index is 3.68. The highest BCUT2D eigenvalue weighted by atomic mass is 16.7. The number of nitrogens with zero attached hydrogens (tertiary/aromatic N) is 1. The van der Waals surface area contributed by atoms with Crippen LogP contribution in [0, 0.1) is 0 Å². The molecule has 0 saturated heterocycles. The second-order valence-electron chi connectivity index (χ2n) is 2.88. The standard InChI is InChI=1S/C7H18N2O4/c8-2-4-9(5-6-10)3-1-7(11,12)13/h10-13H,1-6,8H2. The van der Waals surface area contributed by atoms with Gasteiger partial charge in [-0.05, 0) is 0 Å². The maximum Gasteiger partial charge on any atom is 0.276 e. The van der Waals surface area contributed by atoms with Crippen molar-refractivity contribution in [3.05, 3.63) is 0 Å². The largest absolute Gasteiger partial charge is 0.395 e. The summed E-state index contributed by atoms with van der Waals surface area (Å²) in [4.78, 5) is 1.73. The van der Waals surface area contributed by atoms with Crippen LogP contribution in [-0.2, 0) is 0 Å². The Bertz CT molecular complexity index is 120. The van der Waals surface area contributed by atoms with E-state index < -0.39 is 5.97 Å². The molecule has 6 nitrogen and oxygen atoms in total. The predicted octanol–water partition coefficient (Wildman–Crippen LogP) is -2.74. The van der Waals surface area contributed by atoms with Gasteiger partial charge in [-0.25, -0.2) is 0 Å². The normalized spacial score (nSPS) is 12.5. The summed E-state index contributed by atoms with van der Waals surface area (Å²) in [6.45, 7) is 1.65. The summed E-state index contributed by atoms with van der Waals surface area (Å²) < 4.78 is 0. The van der Waals surface area contributed by atoms with Crippen molar-refractivity contribution in [2.24, 2.45) is 5.73 Å². The van der Waals surface area contributed by atoms with Crippen LogP contribution in [0.5, 0.6) is 0 Å². The fraction of sp³-hybridized carbons (Fsp3) is 1.00. The van der Waals surface area contributed by atoms with Crippen LogP contribution in [0.4, 0.5) is 0 Å². The minimum atomic E-state index is -2.64. The molecule has 0 aliphatic carbocycles. The van der Waals surface area contributed by atoms with Crippen LogP contribution in [-0.4, -0.2) is 64.1 Å². The van der Waals surface area contributed by atoms with Gasteiger partial charge in [0.25, 0.3) is 5.97 Å². The summed E-state index contributed by atoms with van der Waals surface area (Å²) >= 11 is 0. The van der Waals surface area contributed by atoms with Crippen molar-refractivity contribution in [1.29, 1.82) is 0 Å². The number of hydrogen-bond acceptors (Lipinski definition) is 6. The van der Waals surface area contributed by atoms with Crippen molar-refractivity contribution in [2.75, 3.05) is 32.8 Å². The molecule has 80 valence electrons. The second kappa shape index (κ2) is 6.25. The number of nitrogens with two attached hydrogens (primary N) is 1. The SMILES string of the molecule is NCCN(CCO)CCC(O)(O)O. The summed E-state index contributed by atoms with van der Waals surface area (Å²) in [7, 11) is 0. The number of aliphatic hydroxyl groups is 4. The Labute approximate surface area is 77.2 Å². The molecular formula is C7H18N2O4. The molecule has 13 heavy (non-hydrogen) atoms. The lowest BCUT2D eigenvalue weighted by Gasteiger charge is -2.23. The van der Waals surface area contributed by atoms with Crippen LogP contribution in [0.2, 0.25) is 0 Å². The number of rotatable bonds is 7. The predicted molar refractivity (Wildman–Crippen MR) is 46.6 cm³/mol. The Kier molecular flexibility index (Phi) is 6.13. The molecule has 0 unspecified atom stereocenters. The maximum absolute atomic E-state index is 8.62. The first-order valence-electron chi connectivity index (χ1n) is 4.20. The van der Waals surface area contributed by atoms with Gasteiger partial charge in [0, 0.05) is 32.6 Å². The molecule has 0 atom stereocenters. The van der Waals surface area contributed by atoms with Crippen LogP contribution in [0.3, 0.4) is 0 Å². The van der Waals surface area contributed by atoms with Crippen molar-refractivity contribution in [2.45, 2.75) is 12.4 Å². The van der Waals surface area contributed by atoms with E-state index in [9.17, 15) is 0 Å². The van der Waals surface area contributed by atoms with E-state index in [1.165, 1.54) is 0 Å². The molecule has 0 aromatic carbocycles. The molecule has 0 aromatic heterocycles. The van der Waals surface area contributed by atoms with Crippen molar-refractivity contribution >= 4 is 0 Å². The Hall–Kier alpha value is -0.240. The smallest absolute Gasteiger partial charge is 0.276 e. The van der Waals surface area contributed by atoms with Crippen LogP contribution in [0.15, 0.2) is 0 Å². The molecule has 0 spiro atoms. The summed E-state index contributed by atoms with van der Waals surface area (Å²) in [5.41, 5.74) is 5.29. The van der Waals surface area contributed by atoms with Gasteiger partial charge in [0.05, 0.1) is 6.61 Å². The van der Waals surface area contributed by atoms with Gasteiger partial charge in [-0.15, -0.1) is 0 Å². The van der Waals surface area contributed by atoms with Gasteiger partial charge in [0.2, 0.25) is 0 Å². The fourth-order valence-electron chi connectivity index (χ4n) is 0.968. The zero-order valence-electron chi connectivity index (χ0n) is 7.56. The van der Waals surface area contributed by atoms with Crippen molar-refractivity contribution in [3.63, 3.8) is 0 Å². The Morgan fingerprint density at radius 2 is 1.69 bits per heavy atom. The number of aliphatic hydroxyl groups excluding tert-OH is 1. The minimum absolute atomic E-state index is 0.0186. The summed E-state index contributed by atoms with van der Waals surface area (Å²) in [5, 5.41) is 34.4. The van der Waals surface area contributed by atoms with E-state index >= 15 is 0 Å². The lowest BCUT2D eigenvalue weighted by Crippen LogP contribution is -2.38. The van der Waals surface area contributed by atoms with Gasteiger partial charge in [-0.2, -0.15) is 0 Å². The first-order valence-corrected chi connectivity index (χ1v) is 4.20. The molecule has 0 saturated carbocycles. The highest BCUT2D eigenvalue weighted by Crippen LogP contribution is 2.01. The van der Waals surface area contributed by atoms with Crippen LogP contribution < -0.4 is 5.73 Å². The molecule has 0 bridgehead atoms. The van der Waals surface area contributed by atoms with Gasteiger partial charge in [0.1, 0.15) is 0 Å². The van der Waals surface area contributed by atoms with Gasteiger partial charge < -0.3 is 26.2 Å². The third kappa shape index (κ3) is 8.10. The lowest BCUT2D eigenvalue weighted by atomic mass is 10.3. The second-order valence-corrected chi connectivity index (χ2v) is 2.88. The van der Waals surface area contributed by atoms with E-state index in [-0.39, 0.29) is 19.6 Å². The lowest BCUT2D eigenvalue weighted by molar-refractivity contribution is -0.315. The summed E-state index contributed by atoms with van der Waals surface area (Å²) in [6, 6.07) is 0. The number of hydrogen-bond donors (Lipinski definition) is 5. The van der Waals surface area contributed by atoms with Gasteiger partial charge in [0.15, 0.2) is 0 Å². The van der Waals surface area contributed by atoms with Crippen LogP contribution >= 0.6 is 0 Å². The third-order valence-electron chi connectivity index (χ3n) is 1.62. The van der Waals surface area contributed by atoms with Crippen molar-refractivity contribution < 1.29 is 20.4 Å². The molecule has 0 aliphatic rings. The van der Waals surface area contributed by atoms with Gasteiger partial charge in [-0.1, -0.05) is 0 Å². The van der Waals surface area contributed by atoms with Gasteiger partial charge in [-0.3, -0.25) is 4.90 Å². The van der Waals surface area contributed by atoms with E-state index in [1.807, 2.05) is 0 Å². The highest BCUT2D eigenvalue weighted by molar-refractivity contribution is 4.60. The molecule has 0 fully saturated rings. The van der Waals surface area contributed by atoms with Gasteiger partial charge >= 0.3 is 0 Å². The minimum Gasteiger partial charge on any atom is -0.395 e. The first kappa shape index (κ1) is 12.8. The molecule has 0 amide bonds. The quantitative estimate of drug-likeness (QED) is 0.281. The molecule has 6 heteroatoms. The molecule has 0 aliphatic heterocycles. The van der Waals surface area contributed by atoms with Crippen molar-refractivity contribution in [3.8, 4) is 0 Å². The fourth-order valence-corrected chi connectivity index (χ4v) is 0.968. The van der Waals surface area contributed by atoms with Crippen LogP contribution in [0.25, 0.3) is 0 Å². The molecular weight excluding hydrogens is 176 g/mol. The monoisotopic (exact) mass is 194 g/mol. The average Bonchev–Trinajstić information content (AvgIpc) is 2.00. The molecule has 0 heterocycles. The van der Waals surface area contributed by atoms with E-state index in [2.05, 4.69) is 0 Å². The summed E-state index contributed by atoms with van der Waals surface area (Å²) in [5.74, 6) is -2.64. The van der Waals surface area contributed by atoms with Crippen molar-refractivity contribution in [1.82, 2.24) is 4.90 Å². The van der Waals surface area contributed by atoms with E-state index in [1.54, 1.807) is 4.90 Å². The Morgan fingerprint density at radius 3 is 2.08 bits per heavy atom. The first-order chi connectivity index (χ1) is 5.99. The average molecular weight is 194 g/mol. The molecule has 0 aromatic rings. The maximum atomic E-state index is 8.62. The van der Waals surface area contributed by atoms with E-state index in [0.29, 0.717) is 19.6 Å². The Morgan fingerprint density at radius 1 is 1.08 bits per heavy atom. The topological polar surface area (TPSA) is 110 Å². The highest BCUT2D eigenvalue weighted by Gasteiger charge is 2.19. The zero-order valence-corrected chi connectivity index (χ0v) is 7.56. The van der Waals surface area contributed by atoms with E-state index in [0.717, 1.165) is 0 Å². The van der Waals surface area contributed by atoms with Crippen LogP contribution in [0.1, 0.15) is 6.42 Å².